The molecule has 1 saturated carbocycles. The Bertz CT molecular complexity index is 948. The summed E-state index contributed by atoms with van der Waals surface area (Å²) in [4.78, 5) is 35.0. The zero-order valence-electron chi connectivity index (χ0n) is 15.9. The zero-order valence-corrected chi connectivity index (χ0v) is 17.5. The molecule has 1 aromatic carbocycles. The molecule has 0 unspecified atom stereocenters. The summed E-state index contributed by atoms with van der Waals surface area (Å²) in [5.41, 5.74) is 0.0786. The van der Waals surface area contributed by atoms with E-state index < -0.39 is 0 Å². The first kappa shape index (κ1) is 19.9. The number of hydrogen-bond donors (Lipinski definition) is 2. The molecule has 2 amide bonds. The maximum Gasteiger partial charge on any atom is 0.346 e. The van der Waals surface area contributed by atoms with Crippen LogP contribution in [0.2, 0.25) is 0 Å². The average molecular weight is 464 g/mol. The third kappa shape index (κ3) is 4.77. The van der Waals surface area contributed by atoms with Gasteiger partial charge in [0.2, 0.25) is 0 Å². The lowest BCUT2D eigenvalue weighted by atomic mass is 10.0. The lowest BCUT2D eigenvalue weighted by molar-refractivity contribution is 0.160. The molecule has 1 aromatic heterocycles. The number of halogens is 2. The van der Waals surface area contributed by atoms with E-state index in [9.17, 15) is 14.0 Å². The van der Waals surface area contributed by atoms with Gasteiger partial charge in [0.1, 0.15) is 11.6 Å². The van der Waals surface area contributed by atoms with E-state index in [1.807, 2.05) is 4.90 Å². The van der Waals surface area contributed by atoms with Crippen LogP contribution in [0.25, 0.3) is 0 Å². The van der Waals surface area contributed by atoms with Crippen molar-refractivity contribution < 1.29 is 9.18 Å². The van der Waals surface area contributed by atoms with Gasteiger partial charge in [-0.15, -0.1) is 0 Å². The minimum Gasteiger partial charge on any atom is -0.356 e. The van der Waals surface area contributed by atoms with Crippen molar-refractivity contribution in [3.8, 4) is 0 Å². The van der Waals surface area contributed by atoms with Crippen molar-refractivity contribution in [1.82, 2.24) is 20.2 Å². The van der Waals surface area contributed by atoms with Crippen LogP contribution in [-0.2, 0) is 6.54 Å². The molecule has 0 radical (unpaired) electrons. The van der Waals surface area contributed by atoms with E-state index in [4.69, 9.17) is 0 Å². The Balaban J connectivity index is 1.44. The molecular weight excluding hydrogens is 441 g/mol. The van der Waals surface area contributed by atoms with Crippen molar-refractivity contribution in [2.75, 3.05) is 18.0 Å². The van der Waals surface area contributed by atoms with Gasteiger partial charge in [-0.25, -0.2) is 19.0 Å². The maximum atomic E-state index is 14.1. The van der Waals surface area contributed by atoms with Crippen LogP contribution in [0.4, 0.5) is 15.0 Å². The van der Waals surface area contributed by atoms with Crippen LogP contribution in [0.3, 0.4) is 0 Å². The number of benzene rings is 1. The molecule has 2 N–H and O–H groups in total. The van der Waals surface area contributed by atoms with E-state index in [0.717, 1.165) is 38.0 Å². The molecule has 9 heteroatoms. The first-order valence-electron chi connectivity index (χ1n) is 9.81. The summed E-state index contributed by atoms with van der Waals surface area (Å²) in [5.74, 6) is 0.380. The summed E-state index contributed by atoms with van der Waals surface area (Å²) < 4.78 is 14.7. The number of H-pyrrole nitrogens is 1. The van der Waals surface area contributed by atoms with Crippen molar-refractivity contribution in [3.63, 3.8) is 0 Å². The molecule has 2 fully saturated rings. The molecule has 1 aliphatic heterocycles. The van der Waals surface area contributed by atoms with Gasteiger partial charge in [-0.05, 0) is 43.9 Å². The smallest absolute Gasteiger partial charge is 0.346 e. The van der Waals surface area contributed by atoms with Crippen molar-refractivity contribution in [1.29, 1.82) is 0 Å². The minimum absolute atomic E-state index is 0.0442. The van der Waals surface area contributed by atoms with Crippen LogP contribution in [0.5, 0.6) is 0 Å². The fraction of sp³-hybridized carbons (Fsp3) is 0.450. The number of rotatable bonds is 5. The van der Waals surface area contributed by atoms with Crippen molar-refractivity contribution in [2.24, 2.45) is 0 Å². The largest absolute Gasteiger partial charge is 0.356 e. The third-order valence-corrected chi connectivity index (χ3v) is 5.90. The van der Waals surface area contributed by atoms with E-state index in [1.54, 1.807) is 18.2 Å². The Morgan fingerprint density at radius 2 is 2.14 bits per heavy atom. The standard InChI is InChI=1S/C20H23BrFN5O2/c21-14-4-3-13(17(22)10-14)11-24-20(29)27(15-5-6-15)16-2-1-9-26(12-16)18-7-8-23-19(28)25-18/h3-4,7-8,10,15-16H,1-2,5-6,9,11-12H2,(H,24,29)(H,23,25,28)/t16-/m1/s1. The molecule has 29 heavy (non-hydrogen) atoms. The second-order valence-corrected chi connectivity index (χ2v) is 8.45. The number of aromatic amines is 1. The zero-order chi connectivity index (χ0) is 20.4. The highest BCUT2D eigenvalue weighted by molar-refractivity contribution is 9.10. The van der Waals surface area contributed by atoms with Gasteiger partial charge < -0.3 is 15.1 Å². The monoisotopic (exact) mass is 463 g/mol. The normalized spacial score (nSPS) is 19.1. The number of aromatic nitrogens is 2. The molecule has 4 rings (SSSR count). The van der Waals surface area contributed by atoms with Crippen LogP contribution < -0.4 is 15.9 Å². The number of hydrogen-bond acceptors (Lipinski definition) is 4. The van der Waals surface area contributed by atoms with Gasteiger partial charge in [0.05, 0.1) is 6.04 Å². The predicted octanol–water partition coefficient (Wildman–Crippen LogP) is 3.01. The number of carbonyl (C=O) groups is 1. The summed E-state index contributed by atoms with van der Waals surface area (Å²) >= 11 is 3.24. The van der Waals surface area contributed by atoms with Gasteiger partial charge in [-0.3, -0.25) is 4.98 Å². The number of carbonyl (C=O) groups excluding carboxylic acids is 1. The second kappa shape index (κ2) is 8.52. The Morgan fingerprint density at radius 1 is 1.31 bits per heavy atom. The quantitative estimate of drug-likeness (QED) is 0.713. The topological polar surface area (TPSA) is 81.3 Å². The number of piperidine rings is 1. The Morgan fingerprint density at radius 3 is 2.86 bits per heavy atom. The predicted molar refractivity (Wildman–Crippen MR) is 111 cm³/mol. The molecule has 0 bridgehead atoms. The summed E-state index contributed by atoms with van der Waals surface area (Å²) in [7, 11) is 0. The van der Waals surface area contributed by atoms with Gasteiger partial charge in [-0.1, -0.05) is 22.0 Å². The number of anilines is 1. The maximum absolute atomic E-state index is 14.1. The molecule has 7 nitrogen and oxygen atoms in total. The van der Waals surface area contributed by atoms with Crippen molar-refractivity contribution in [2.45, 2.75) is 44.3 Å². The first-order valence-corrected chi connectivity index (χ1v) is 10.6. The highest BCUT2D eigenvalue weighted by Crippen LogP contribution is 2.32. The number of nitrogens with one attached hydrogen (secondary N) is 2. The molecule has 1 saturated heterocycles. The van der Waals surface area contributed by atoms with Crippen LogP contribution in [-0.4, -0.2) is 46.1 Å². The lowest BCUT2D eigenvalue weighted by Crippen LogP contribution is -2.54. The molecule has 2 heterocycles. The van der Waals surface area contributed by atoms with E-state index in [-0.39, 0.29) is 36.2 Å². The van der Waals surface area contributed by atoms with Gasteiger partial charge in [0, 0.05) is 41.9 Å². The molecule has 1 aliphatic carbocycles. The SMILES string of the molecule is O=C(NCc1ccc(Br)cc1F)N(C1CC1)[C@@H]1CCCN(c2ccnc(=O)[nH]2)C1. The minimum atomic E-state index is -0.377. The molecule has 154 valence electrons. The number of amides is 2. The molecular formula is C20H23BrFN5O2. The highest BCUT2D eigenvalue weighted by Gasteiger charge is 2.39. The first-order chi connectivity index (χ1) is 14.0. The molecule has 2 aliphatic rings. The summed E-state index contributed by atoms with van der Waals surface area (Å²) in [6.45, 7) is 1.62. The third-order valence-electron chi connectivity index (χ3n) is 5.41. The van der Waals surface area contributed by atoms with Gasteiger partial charge in [0.25, 0.3) is 0 Å². The molecule has 2 aromatic rings. The van der Waals surface area contributed by atoms with Crippen LogP contribution in [0.15, 0.2) is 39.7 Å². The summed E-state index contributed by atoms with van der Waals surface area (Å²) in [5, 5.41) is 2.89. The van der Waals surface area contributed by atoms with Crippen molar-refractivity contribution >= 4 is 27.8 Å². The summed E-state index contributed by atoms with van der Waals surface area (Å²) in [6, 6.07) is 6.72. The van der Waals surface area contributed by atoms with E-state index in [1.165, 1.54) is 12.3 Å². The Hall–Kier alpha value is -2.42. The van der Waals surface area contributed by atoms with E-state index in [2.05, 4.69) is 36.1 Å². The average Bonchev–Trinajstić information content (AvgIpc) is 3.53. The Labute approximate surface area is 176 Å². The lowest BCUT2D eigenvalue weighted by Gasteiger charge is -2.40. The van der Waals surface area contributed by atoms with E-state index >= 15 is 0 Å². The number of nitrogens with zero attached hydrogens (tertiary/aromatic N) is 3. The molecule has 0 spiro atoms. The Kier molecular flexibility index (Phi) is 5.84. The van der Waals surface area contributed by atoms with Crippen LogP contribution >= 0.6 is 15.9 Å². The second-order valence-electron chi connectivity index (χ2n) is 7.54. The van der Waals surface area contributed by atoms with Gasteiger partial charge in [0.15, 0.2) is 0 Å². The number of urea groups is 1. The van der Waals surface area contributed by atoms with Crippen molar-refractivity contribution in [3.05, 3.63) is 56.8 Å². The summed E-state index contributed by atoms with van der Waals surface area (Å²) in [6.07, 6.45) is 5.30. The van der Waals surface area contributed by atoms with Gasteiger partial charge >= 0.3 is 11.7 Å². The van der Waals surface area contributed by atoms with Crippen LogP contribution in [0, 0.1) is 5.82 Å². The molecule has 1 atom stereocenters. The van der Waals surface area contributed by atoms with E-state index in [0.29, 0.717) is 16.6 Å². The van der Waals surface area contributed by atoms with Crippen LogP contribution in [0.1, 0.15) is 31.2 Å². The van der Waals surface area contributed by atoms with Gasteiger partial charge in [-0.2, -0.15) is 0 Å². The fourth-order valence-corrected chi connectivity index (χ4v) is 4.19. The highest BCUT2D eigenvalue weighted by atomic mass is 79.9. The fourth-order valence-electron chi connectivity index (χ4n) is 3.85.